The van der Waals surface area contributed by atoms with Crippen molar-refractivity contribution in [3.63, 3.8) is 0 Å². The maximum Gasteiger partial charge on any atom is 0.256 e. The first kappa shape index (κ1) is 20.9. The number of anilines is 2. The molecule has 1 aliphatic rings. The van der Waals surface area contributed by atoms with Gasteiger partial charge in [0.15, 0.2) is 11.6 Å². The summed E-state index contributed by atoms with van der Waals surface area (Å²) in [6.45, 7) is 3.09. The third kappa shape index (κ3) is 3.87. The smallest absolute Gasteiger partial charge is 0.256 e. The lowest BCUT2D eigenvalue weighted by Gasteiger charge is -2.27. The average molecular weight is 446 g/mol. The SMILES string of the molecule is COc1nn([C@@H]2CCN[C@H](C)C2)cc1Nc1ncc(F)c(-n2ccc3c(C#N)cccc32)n1. The molecule has 1 fully saturated rings. The van der Waals surface area contributed by atoms with Crippen molar-refractivity contribution in [1.82, 2.24) is 29.6 Å². The van der Waals surface area contributed by atoms with Crippen LogP contribution in [0.5, 0.6) is 5.88 Å². The Morgan fingerprint density at radius 2 is 2.21 bits per heavy atom. The van der Waals surface area contributed by atoms with E-state index in [1.165, 1.54) is 0 Å². The lowest BCUT2D eigenvalue weighted by molar-refractivity contribution is 0.287. The summed E-state index contributed by atoms with van der Waals surface area (Å²) >= 11 is 0. The Kier molecular flexibility index (Phi) is 5.40. The number of nitrogens with one attached hydrogen (secondary N) is 2. The number of ether oxygens (including phenoxy) is 1. The highest BCUT2D eigenvalue weighted by Crippen LogP contribution is 2.30. The fourth-order valence-corrected chi connectivity index (χ4v) is 4.30. The van der Waals surface area contributed by atoms with Crippen LogP contribution in [0.1, 0.15) is 31.4 Å². The Hall–Kier alpha value is -3.97. The zero-order valence-electron chi connectivity index (χ0n) is 18.3. The van der Waals surface area contributed by atoms with Gasteiger partial charge in [0, 0.05) is 17.6 Å². The fourth-order valence-electron chi connectivity index (χ4n) is 4.30. The normalized spacial score (nSPS) is 18.2. The Morgan fingerprint density at radius 3 is 3.00 bits per heavy atom. The zero-order valence-corrected chi connectivity index (χ0v) is 18.3. The van der Waals surface area contributed by atoms with Crippen molar-refractivity contribution >= 4 is 22.5 Å². The van der Waals surface area contributed by atoms with Gasteiger partial charge in [-0.15, -0.1) is 5.10 Å². The summed E-state index contributed by atoms with van der Waals surface area (Å²) in [5.41, 5.74) is 1.80. The van der Waals surface area contributed by atoms with E-state index in [4.69, 9.17) is 4.74 Å². The first-order chi connectivity index (χ1) is 16.1. The predicted octanol–water partition coefficient (Wildman–Crippen LogP) is 3.69. The standard InChI is InChI=1S/C23H23FN8O/c1-14-10-16(6-8-26-14)32-13-19(22(30-32)33-2)28-23-27-12-18(24)21(29-23)31-9-7-17-15(11-25)4-3-5-20(17)31/h3-5,7,9,12-14,16,26H,6,8,10H2,1-2H3,(H,27,28,29)/t14-,16-/m1/s1. The van der Waals surface area contributed by atoms with Crippen LogP contribution in [0.2, 0.25) is 0 Å². The van der Waals surface area contributed by atoms with Gasteiger partial charge in [-0.25, -0.2) is 9.37 Å². The van der Waals surface area contributed by atoms with E-state index < -0.39 is 5.82 Å². The summed E-state index contributed by atoms with van der Waals surface area (Å²) in [5, 5.41) is 21.2. The van der Waals surface area contributed by atoms with E-state index in [9.17, 15) is 9.65 Å². The molecule has 0 unspecified atom stereocenters. The predicted molar refractivity (Wildman–Crippen MR) is 121 cm³/mol. The van der Waals surface area contributed by atoms with Gasteiger partial charge in [0.25, 0.3) is 5.88 Å². The number of rotatable bonds is 5. The van der Waals surface area contributed by atoms with Gasteiger partial charge in [-0.2, -0.15) is 10.2 Å². The third-order valence-corrected chi connectivity index (χ3v) is 5.92. The van der Waals surface area contributed by atoms with Crippen LogP contribution in [0.15, 0.2) is 42.9 Å². The zero-order chi connectivity index (χ0) is 22.9. The van der Waals surface area contributed by atoms with E-state index in [2.05, 4.69) is 38.7 Å². The van der Waals surface area contributed by atoms with Crippen LogP contribution >= 0.6 is 0 Å². The summed E-state index contributed by atoms with van der Waals surface area (Å²) in [4.78, 5) is 8.51. The van der Waals surface area contributed by atoms with E-state index >= 15 is 0 Å². The molecule has 9 nitrogen and oxygen atoms in total. The van der Waals surface area contributed by atoms with Crippen LogP contribution in [0.25, 0.3) is 16.7 Å². The molecule has 4 heterocycles. The maximum absolute atomic E-state index is 14.7. The second-order valence-electron chi connectivity index (χ2n) is 8.09. The number of fused-ring (bicyclic) bond motifs is 1. The van der Waals surface area contributed by atoms with Crippen molar-refractivity contribution in [2.24, 2.45) is 0 Å². The van der Waals surface area contributed by atoms with Crippen molar-refractivity contribution in [2.75, 3.05) is 19.0 Å². The highest BCUT2D eigenvalue weighted by Gasteiger charge is 2.23. The van der Waals surface area contributed by atoms with Crippen LogP contribution in [0, 0.1) is 17.1 Å². The van der Waals surface area contributed by atoms with Crippen LogP contribution in [-0.4, -0.2) is 44.0 Å². The number of aromatic nitrogens is 5. The molecular formula is C23H23FN8O. The first-order valence-electron chi connectivity index (χ1n) is 10.7. The topological polar surface area (TPSA) is 106 Å². The maximum atomic E-state index is 14.7. The second-order valence-corrected chi connectivity index (χ2v) is 8.09. The number of hydrogen-bond acceptors (Lipinski definition) is 7. The van der Waals surface area contributed by atoms with Crippen LogP contribution in [0.4, 0.5) is 16.0 Å². The van der Waals surface area contributed by atoms with Crippen molar-refractivity contribution in [3.05, 3.63) is 54.2 Å². The van der Waals surface area contributed by atoms with Gasteiger partial charge in [-0.1, -0.05) is 6.07 Å². The van der Waals surface area contributed by atoms with Gasteiger partial charge < -0.3 is 15.4 Å². The minimum atomic E-state index is -0.577. The molecule has 10 heteroatoms. The highest BCUT2D eigenvalue weighted by molar-refractivity contribution is 5.87. The molecule has 168 valence electrons. The summed E-state index contributed by atoms with van der Waals surface area (Å²) in [7, 11) is 1.55. The lowest BCUT2D eigenvalue weighted by Crippen LogP contribution is -2.36. The highest BCUT2D eigenvalue weighted by atomic mass is 19.1. The molecule has 4 aromatic rings. The molecule has 33 heavy (non-hydrogen) atoms. The average Bonchev–Trinajstić information content (AvgIpc) is 3.44. The van der Waals surface area contributed by atoms with Gasteiger partial charge in [0.05, 0.1) is 42.7 Å². The van der Waals surface area contributed by atoms with Gasteiger partial charge in [0.2, 0.25) is 5.95 Å². The molecule has 1 aliphatic heterocycles. The fraction of sp³-hybridized carbons (Fsp3) is 0.304. The monoisotopic (exact) mass is 446 g/mol. The molecule has 0 radical (unpaired) electrons. The van der Waals surface area contributed by atoms with Gasteiger partial charge in [-0.3, -0.25) is 9.25 Å². The molecule has 2 N–H and O–H groups in total. The molecule has 0 bridgehead atoms. The minimum absolute atomic E-state index is 0.0797. The molecule has 0 saturated carbocycles. The third-order valence-electron chi connectivity index (χ3n) is 5.92. The number of halogens is 1. The summed E-state index contributed by atoms with van der Waals surface area (Å²) in [6, 6.07) is 9.91. The number of piperidine rings is 1. The molecule has 3 aromatic heterocycles. The Bertz CT molecular complexity index is 1350. The Balaban J connectivity index is 1.48. The lowest BCUT2D eigenvalue weighted by atomic mass is 10.0. The number of benzene rings is 1. The van der Waals surface area contributed by atoms with E-state index in [1.807, 2.05) is 16.9 Å². The molecular weight excluding hydrogens is 423 g/mol. The largest absolute Gasteiger partial charge is 0.478 e. The summed E-state index contributed by atoms with van der Waals surface area (Å²) in [5.74, 6) is 0.129. The van der Waals surface area contributed by atoms with Crippen molar-refractivity contribution in [1.29, 1.82) is 5.26 Å². The van der Waals surface area contributed by atoms with Crippen LogP contribution in [0.3, 0.4) is 0 Å². The molecule has 1 aromatic carbocycles. The van der Waals surface area contributed by atoms with Gasteiger partial charge in [-0.05, 0) is 44.5 Å². The van der Waals surface area contributed by atoms with Crippen molar-refractivity contribution < 1.29 is 9.13 Å². The Labute approximate surface area is 189 Å². The van der Waals surface area contributed by atoms with Gasteiger partial charge in [0.1, 0.15) is 5.69 Å². The quantitative estimate of drug-likeness (QED) is 0.482. The van der Waals surface area contributed by atoms with E-state index in [0.717, 1.165) is 31.0 Å². The molecule has 0 aliphatic carbocycles. The van der Waals surface area contributed by atoms with Crippen LogP contribution in [-0.2, 0) is 0 Å². The molecule has 2 atom stereocenters. The molecule has 5 rings (SSSR count). The molecule has 0 spiro atoms. The Morgan fingerprint density at radius 1 is 1.33 bits per heavy atom. The number of nitriles is 1. The first-order valence-corrected chi connectivity index (χ1v) is 10.7. The van der Waals surface area contributed by atoms with Crippen molar-refractivity contribution in [3.8, 4) is 17.8 Å². The molecule has 0 amide bonds. The van der Waals surface area contributed by atoms with E-state index in [-0.39, 0.29) is 17.8 Å². The number of hydrogen-bond donors (Lipinski definition) is 2. The summed E-state index contributed by atoms with van der Waals surface area (Å²) < 4.78 is 23.7. The number of methoxy groups -OCH3 is 1. The summed E-state index contributed by atoms with van der Waals surface area (Å²) in [6.07, 6.45) is 6.62. The van der Waals surface area contributed by atoms with Crippen LogP contribution < -0.4 is 15.4 Å². The van der Waals surface area contributed by atoms with Crippen molar-refractivity contribution in [2.45, 2.75) is 31.8 Å². The number of nitrogens with zero attached hydrogens (tertiary/aromatic N) is 6. The second kappa shape index (κ2) is 8.52. The van der Waals surface area contributed by atoms with E-state index in [0.29, 0.717) is 28.7 Å². The van der Waals surface area contributed by atoms with E-state index in [1.54, 1.807) is 36.1 Å². The molecule has 1 saturated heterocycles. The van der Waals surface area contributed by atoms with Gasteiger partial charge >= 0.3 is 0 Å². The minimum Gasteiger partial charge on any atom is -0.478 e.